The van der Waals surface area contributed by atoms with Gasteiger partial charge in [-0.1, -0.05) is 53.9 Å². The van der Waals surface area contributed by atoms with E-state index in [1.807, 2.05) is 0 Å². The molecular weight excluding hydrogens is 252 g/mol. The highest BCUT2D eigenvalue weighted by atomic mass is 35.5. The molecule has 0 spiro atoms. The van der Waals surface area contributed by atoms with Crippen molar-refractivity contribution in [1.29, 1.82) is 0 Å². The largest absolute Gasteiger partial charge is 0.379 e. The van der Waals surface area contributed by atoms with Gasteiger partial charge >= 0.3 is 0 Å². The fourth-order valence-electron chi connectivity index (χ4n) is 1.05. The third-order valence-electron chi connectivity index (χ3n) is 2.02. The number of rotatable bonds is 4. The van der Waals surface area contributed by atoms with Crippen LogP contribution in [-0.4, -0.2) is 6.54 Å². The standard InChI is InChI=1S/C11H12Cl3N/c1-3-7(2)6-15-11-9(13)4-8(12)5-10(11)14/h4-5,15H,2-3,6H2,1H3. The van der Waals surface area contributed by atoms with Gasteiger partial charge in [0.25, 0.3) is 0 Å². The van der Waals surface area contributed by atoms with Crippen LogP contribution in [0.15, 0.2) is 24.3 Å². The first-order valence-electron chi connectivity index (χ1n) is 4.59. The minimum Gasteiger partial charge on any atom is -0.379 e. The predicted molar refractivity (Wildman–Crippen MR) is 69.4 cm³/mol. The summed E-state index contributed by atoms with van der Waals surface area (Å²) >= 11 is 17.8. The molecule has 1 N–H and O–H groups in total. The third kappa shape index (κ3) is 3.60. The lowest BCUT2D eigenvalue weighted by molar-refractivity contribution is 1.05. The summed E-state index contributed by atoms with van der Waals surface area (Å²) in [5.41, 5.74) is 1.80. The van der Waals surface area contributed by atoms with Gasteiger partial charge in [0.1, 0.15) is 0 Å². The molecule has 1 aromatic carbocycles. The summed E-state index contributed by atoms with van der Waals surface area (Å²) < 4.78 is 0. The summed E-state index contributed by atoms with van der Waals surface area (Å²) in [4.78, 5) is 0. The van der Waals surface area contributed by atoms with E-state index in [0.29, 0.717) is 27.3 Å². The minimum atomic E-state index is 0.524. The molecule has 0 unspecified atom stereocenters. The SMILES string of the molecule is C=C(CC)CNc1c(Cl)cc(Cl)cc1Cl. The second kappa shape index (κ2) is 5.64. The minimum absolute atomic E-state index is 0.524. The first-order valence-corrected chi connectivity index (χ1v) is 5.73. The van der Waals surface area contributed by atoms with E-state index >= 15 is 0 Å². The molecule has 0 radical (unpaired) electrons. The maximum atomic E-state index is 6.00. The summed E-state index contributed by atoms with van der Waals surface area (Å²) in [7, 11) is 0. The van der Waals surface area contributed by atoms with Crippen LogP contribution in [0.1, 0.15) is 13.3 Å². The van der Waals surface area contributed by atoms with E-state index in [9.17, 15) is 0 Å². The van der Waals surface area contributed by atoms with Crippen molar-refractivity contribution in [3.8, 4) is 0 Å². The molecule has 0 aliphatic carbocycles. The van der Waals surface area contributed by atoms with Crippen LogP contribution in [0.25, 0.3) is 0 Å². The van der Waals surface area contributed by atoms with E-state index in [2.05, 4.69) is 18.8 Å². The molecule has 82 valence electrons. The van der Waals surface area contributed by atoms with Crippen LogP contribution in [0, 0.1) is 0 Å². The Bertz CT molecular complexity index is 351. The van der Waals surface area contributed by atoms with Crippen LogP contribution >= 0.6 is 34.8 Å². The van der Waals surface area contributed by atoms with Crippen molar-refractivity contribution in [2.24, 2.45) is 0 Å². The van der Waals surface area contributed by atoms with Crippen LogP contribution < -0.4 is 5.32 Å². The Labute approximate surface area is 105 Å². The fraction of sp³-hybridized carbons (Fsp3) is 0.273. The van der Waals surface area contributed by atoms with Crippen molar-refractivity contribution in [2.45, 2.75) is 13.3 Å². The molecule has 0 amide bonds. The fourth-order valence-corrected chi connectivity index (χ4v) is 2.00. The van der Waals surface area contributed by atoms with Gasteiger partial charge in [-0.15, -0.1) is 0 Å². The zero-order valence-corrected chi connectivity index (χ0v) is 10.7. The Morgan fingerprint density at radius 2 is 1.80 bits per heavy atom. The molecule has 0 aliphatic heterocycles. The van der Waals surface area contributed by atoms with E-state index in [0.717, 1.165) is 12.0 Å². The van der Waals surface area contributed by atoms with Gasteiger partial charge in [0.05, 0.1) is 15.7 Å². The van der Waals surface area contributed by atoms with Crippen LogP contribution in [0.3, 0.4) is 0 Å². The van der Waals surface area contributed by atoms with Crippen molar-refractivity contribution in [3.63, 3.8) is 0 Å². The molecule has 0 saturated carbocycles. The van der Waals surface area contributed by atoms with Crippen molar-refractivity contribution in [1.82, 2.24) is 0 Å². The van der Waals surface area contributed by atoms with E-state index in [4.69, 9.17) is 34.8 Å². The second-order valence-electron chi connectivity index (χ2n) is 3.20. The summed E-state index contributed by atoms with van der Waals surface area (Å²) in [5, 5.41) is 4.72. The molecule has 0 heterocycles. The smallest absolute Gasteiger partial charge is 0.0722 e. The molecule has 0 saturated heterocycles. The lowest BCUT2D eigenvalue weighted by Gasteiger charge is -2.11. The number of nitrogens with one attached hydrogen (secondary N) is 1. The van der Waals surface area contributed by atoms with Gasteiger partial charge in [-0.2, -0.15) is 0 Å². The van der Waals surface area contributed by atoms with Gasteiger partial charge in [0.15, 0.2) is 0 Å². The molecule has 1 aromatic rings. The Kier molecular flexibility index (Phi) is 4.78. The molecule has 0 bridgehead atoms. The lowest BCUT2D eigenvalue weighted by Crippen LogP contribution is -2.04. The monoisotopic (exact) mass is 263 g/mol. The topological polar surface area (TPSA) is 12.0 Å². The second-order valence-corrected chi connectivity index (χ2v) is 4.45. The number of benzene rings is 1. The maximum absolute atomic E-state index is 6.00. The Morgan fingerprint density at radius 1 is 1.27 bits per heavy atom. The highest BCUT2D eigenvalue weighted by molar-refractivity contribution is 6.41. The molecule has 1 nitrogen and oxygen atoms in total. The number of hydrogen-bond acceptors (Lipinski definition) is 1. The average Bonchev–Trinajstić information content (AvgIpc) is 2.15. The number of anilines is 1. The molecule has 4 heteroatoms. The zero-order chi connectivity index (χ0) is 11.4. The Balaban J connectivity index is 2.81. The van der Waals surface area contributed by atoms with Gasteiger partial charge in [0, 0.05) is 11.6 Å². The number of halogens is 3. The van der Waals surface area contributed by atoms with Crippen molar-refractivity contribution in [3.05, 3.63) is 39.4 Å². The summed E-state index contributed by atoms with van der Waals surface area (Å²) in [6.45, 7) is 6.61. The van der Waals surface area contributed by atoms with Gasteiger partial charge < -0.3 is 5.32 Å². The first-order chi connectivity index (χ1) is 7.04. The normalized spacial score (nSPS) is 10.1. The highest BCUT2D eigenvalue weighted by Crippen LogP contribution is 2.33. The zero-order valence-electron chi connectivity index (χ0n) is 8.41. The van der Waals surface area contributed by atoms with Gasteiger partial charge in [-0.3, -0.25) is 0 Å². The Morgan fingerprint density at radius 3 is 2.27 bits per heavy atom. The van der Waals surface area contributed by atoms with Crippen LogP contribution in [0.4, 0.5) is 5.69 Å². The van der Waals surface area contributed by atoms with E-state index in [1.54, 1.807) is 12.1 Å². The summed E-state index contributed by atoms with van der Waals surface area (Å²) in [6, 6.07) is 3.32. The van der Waals surface area contributed by atoms with Crippen LogP contribution in [0.5, 0.6) is 0 Å². The van der Waals surface area contributed by atoms with E-state index < -0.39 is 0 Å². The molecular formula is C11H12Cl3N. The highest BCUT2D eigenvalue weighted by Gasteiger charge is 2.07. The number of hydrogen-bond donors (Lipinski definition) is 1. The summed E-state index contributed by atoms with van der Waals surface area (Å²) in [5.74, 6) is 0. The molecule has 15 heavy (non-hydrogen) atoms. The first kappa shape index (κ1) is 12.7. The molecule has 1 rings (SSSR count). The third-order valence-corrected chi connectivity index (χ3v) is 2.84. The van der Waals surface area contributed by atoms with E-state index in [1.165, 1.54) is 0 Å². The van der Waals surface area contributed by atoms with Crippen LogP contribution in [-0.2, 0) is 0 Å². The van der Waals surface area contributed by atoms with Crippen LogP contribution in [0.2, 0.25) is 15.1 Å². The summed E-state index contributed by atoms with van der Waals surface area (Å²) in [6.07, 6.45) is 0.926. The van der Waals surface area contributed by atoms with Crippen molar-refractivity contribution in [2.75, 3.05) is 11.9 Å². The van der Waals surface area contributed by atoms with E-state index in [-0.39, 0.29) is 0 Å². The molecule has 0 aromatic heterocycles. The molecule has 0 aliphatic rings. The Hall–Kier alpha value is -0.370. The molecule has 0 fully saturated rings. The lowest BCUT2D eigenvalue weighted by atomic mass is 10.2. The quantitative estimate of drug-likeness (QED) is 0.753. The van der Waals surface area contributed by atoms with Gasteiger partial charge in [0.2, 0.25) is 0 Å². The van der Waals surface area contributed by atoms with Gasteiger partial charge in [-0.05, 0) is 18.6 Å². The van der Waals surface area contributed by atoms with Crippen molar-refractivity contribution < 1.29 is 0 Å². The van der Waals surface area contributed by atoms with Crippen molar-refractivity contribution >= 4 is 40.5 Å². The molecule has 0 atom stereocenters. The van der Waals surface area contributed by atoms with Gasteiger partial charge in [-0.25, -0.2) is 0 Å². The average molecular weight is 265 g/mol. The predicted octanol–water partition coefficient (Wildman–Crippen LogP) is 5.02. The maximum Gasteiger partial charge on any atom is 0.0722 e.